The van der Waals surface area contributed by atoms with E-state index in [1.807, 2.05) is 25.3 Å². The largest absolute Gasteiger partial charge is 0.399 e. The lowest BCUT2D eigenvalue weighted by molar-refractivity contribution is 1.06. The van der Waals surface area contributed by atoms with Crippen LogP contribution in [0.5, 0.6) is 0 Å². The van der Waals surface area contributed by atoms with Crippen molar-refractivity contribution in [3.8, 4) is 0 Å². The van der Waals surface area contributed by atoms with Crippen LogP contribution in [0, 0.1) is 6.92 Å². The fraction of sp³-hybridized carbons (Fsp3) is 0.100. The quantitative estimate of drug-likeness (QED) is 0.740. The Labute approximate surface area is 86.7 Å². The van der Waals surface area contributed by atoms with E-state index in [1.54, 1.807) is 18.0 Å². The third-order valence-corrected chi connectivity index (χ3v) is 2.65. The molecule has 0 aliphatic rings. The van der Waals surface area contributed by atoms with Gasteiger partial charge in [0.15, 0.2) is 5.16 Å². The Bertz CT molecular complexity index is 403. The second-order valence-corrected chi connectivity index (χ2v) is 4.14. The predicted molar refractivity (Wildman–Crippen MR) is 58.3 cm³/mol. The molecule has 0 saturated heterocycles. The summed E-state index contributed by atoms with van der Waals surface area (Å²) >= 11 is 1.58. The lowest BCUT2D eigenvalue weighted by Gasteiger charge is -2.01. The number of aryl methyl sites for hydroxylation is 1. The van der Waals surface area contributed by atoms with Crippen LogP contribution in [0.2, 0.25) is 0 Å². The summed E-state index contributed by atoms with van der Waals surface area (Å²) in [6, 6.07) is 5.98. The molecule has 0 spiro atoms. The number of aromatic amines is 1. The molecule has 0 saturated carbocycles. The van der Waals surface area contributed by atoms with E-state index in [-0.39, 0.29) is 0 Å². The van der Waals surface area contributed by atoms with Gasteiger partial charge in [-0.3, -0.25) is 0 Å². The lowest BCUT2D eigenvalue weighted by Crippen LogP contribution is -1.86. The first kappa shape index (κ1) is 9.15. The first-order valence-electron chi connectivity index (χ1n) is 4.28. The molecular weight excluding hydrogens is 194 g/mol. The van der Waals surface area contributed by atoms with Crippen molar-refractivity contribution in [1.82, 2.24) is 9.97 Å². The van der Waals surface area contributed by atoms with Gasteiger partial charge in [0.1, 0.15) is 0 Å². The van der Waals surface area contributed by atoms with Crippen LogP contribution in [-0.4, -0.2) is 9.97 Å². The highest BCUT2D eigenvalue weighted by molar-refractivity contribution is 7.99. The van der Waals surface area contributed by atoms with Crippen molar-refractivity contribution in [2.24, 2.45) is 0 Å². The molecule has 0 aliphatic carbocycles. The molecule has 0 atom stereocenters. The summed E-state index contributed by atoms with van der Waals surface area (Å²) in [7, 11) is 0. The molecule has 3 N–H and O–H groups in total. The highest BCUT2D eigenvalue weighted by atomic mass is 32.2. The minimum atomic E-state index is 0.791. The Morgan fingerprint density at radius 3 is 2.86 bits per heavy atom. The third-order valence-electron chi connectivity index (χ3n) is 1.76. The van der Waals surface area contributed by atoms with E-state index >= 15 is 0 Å². The number of nitrogens with zero attached hydrogens (tertiary/aromatic N) is 1. The Balaban J connectivity index is 2.25. The number of hydrogen-bond acceptors (Lipinski definition) is 3. The van der Waals surface area contributed by atoms with E-state index in [4.69, 9.17) is 5.73 Å². The molecular formula is C10H11N3S. The van der Waals surface area contributed by atoms with Gasteiger partial charge in [0.2, 0.25) is 0 Å². The molecule has 0 radical (unpaired) electrons. The van der Waals surface area contributed by atoms with Gasteiger partial charge in [0.05, 0.1) is 0 Å². The molecule has 2 rings (SSSR count). The van der Waals surface area contributed by atoms with Crippen molar-refractivity contribution in [3.05, 3.63) is 36.2 Å². The smallest absolute Gasteiger partial charge is 0.170 e. The fourth-order valence-electron chi connectivity index (χ4n) is 1.25. The van der Waals surface area contributed by atoms with E-state index in [0.29, 0.717) is 0 Å². The number of aromatic nitrogens is 2. The van der Waals surface area contributed by atoms with Crippen molar-refractivity contribution in [2.45, 2.75) is 17.0 Å². The molecule has 2 aromatic rings. The van der Waals surface area contributed by atoms with Crippen molar-refractivity contribution in [3.63, 3.8) is 0 Å². The molecule has 0 bridgehead atoms. The third kappa shape index (κ3) is 2.09. The lowest BCUT2D eigenvalue weighted by atomic mass is 10.2. The number of hydrogen-bond donors (Lipinski definition) is 2. The van der Waals surface area contributed by atoms with Crippen LogP contribution < -0.4 is 5.73 Å². The molecule has 1 aromatic carbocycles. The molecule has 72 valence electrons. The maximum Gasteiger partial charge on any atom is 0.170 e. The molecule has 3 nitrogen and oxygen atoms in total. The van der Waals surface area contributed by atoms with E-state index in [0.717, 1.165) is 15.7 Å². The van der Waals surface area contributed by atoms with Crippen molar-refractivity contribution in [1.29, 1.82) is 0 Å². The van der Waals surface area contributed by atoms with Gasteiger partial charge in [-0.15, -0.1) is 0 Å². The number of imidazole rings is 1. The molecule has 14 heavy (non-hydrogen) atoms. The zero-order valence-electron chi connectivity index (χ0n) is 7.82. The number of H-pyrrole nitrogens is 1. The molecule has 1 heterocycles. The predicted octanol–water partition coefficient (Wildman–Crippen LogP) is 2.45. The summed E-state index contributed by atoms with van der Waals surface area (Å²) in [5.74, 6) is 0. The van der Waals surface area contributed by atoms with Gasteiger partial charge in [-0.25, -0.2) is 4.98 Å². The second kappa shape index (κ2) is 3.75. The van der Waals surface area contributed by atoms with Crippen LogP contribution in [0.15, 0.2) is 40.6 Å². The maximum absolute atomic E-state index is 5.74. The topological polar surface area (TPSA) is 54.7 Å². The van der Waals surface area contributed by atoms with Crippen LogP contribution in [0.25, 0.3) is 0 Å². The van der Waals surface area contributed by atoms with Crippen LogP contribution in [0.1, 0.15) is 5.56 Å². The summed E-state index contributed by atoms with van der Waals surface area (Å²) in [6.07, 6.45) is 3.54. The molecule has 4 heteroatoms. The van der Waals surface area contributed by atoms with Crippen LogP contribution in [0.3, 0.4) is 0 Å². The number of benzene rings is 1. The first-order valence-corrected chi connectivity index (χ1v) is 5.10. The van der Waals surface area contributed by atoms with Gasteiger partial charge in [0.25, 0.3) is 0 Å². The average Bonchev–Trinajstić information content (AvgIpc) is 2.54. The Kier molecular flexibility index (Phi) is 2.45. The summed E-state index contributed by atoms with van der Waals surface area (Å²) in [4.78, 5) is 8.28. The highest BCUT2D eigenvalue weighted by Gasteiger charge is 2.00. The minimum absolute atomic E-state index is 0.791. The van der Waals surface area contributed by atoms with Gasteiger partial charge < -0.3 is 10.7 Å². The van der Waals surface area contributed by atoms with E-state index < -0.39 is 0 Å². The molecule has 0 unspecified atom stereocenters. The maximum atomic E-state index is 5.74. The molecule has 0 fully saturated rings. The summed E-state index contributed by atoms with van der Waals surface area (Å²) in [5.41, 5.74) is 7.70. The molecule has 0 amide bonds. The minimum Gasteiger partial charge on any atom is -0.399 e. The van der Waals surface area contributed by atoms with Crippen molar-refractivity contribution in [2.75, 3.05) is 5.73 Å². The van der Waals surface area contributed by atoms with Crippen molar-refractivity contribution < 1.29 is 0 Å². The Morgan fingerprint density at radius 2 is 2.21 bits per heavy atom. The highest BCUT2D eigenvalue weighted by Crippen LogP contribution is 2.26. The van der Waals surface area contributed by atoms with Crippen molar-refractivity contribution >= 4 is 17.4 Å². The van der Waals surface area contributed by atoms with Gasteiger partial charge in [-0.2, -0.15) is 0 Å². The standard InChI is InChI=1S/C10H11N3S/c1-7-4-8(11)6-9(5-7)14-10-12-2-3-13-10/h2-6H,11H2,1H3,(H,12,13). The summed E-state index contributed by atoms with van der Waals surface area (Å²) in [6.45, 7) is 2.03. The van der Waals surface area contributed by atoms with Gasteiger partial charge in [-0.05, 0) is 30.7 Å². The van der Waals surface area contributed by atoms with Crippen LogP contribution in [-0.2, 0) is 0 Å². The first-order chi connectivity index (χ1) is 6.74. The Hall–Kier alpha value is -1.42. The van der Waals surface area contributed by atoms with Crippen LogP contribution >= 0.6 is 11.8 Å². The van der Waals surface area contributed by atoms with Gasteiger partial charge in [-0.1, -0.05) is 11.8 Å². The number of nitrogens with two attached hydrogens (primary N) is 1. The molecule has 1 aromatic heterocycles. The van der Waals surface area contributed by atoms with Gasteiger partial charge in [0, 0.05) is 23.0 Å². The normalized spacial score (nSPS) is 10.4. The SMILES string of the molecule is Cc1cc(N)cc(Sc2ncc[nH]2)c1. The average molecular weight is 205 g/mol. The van der Waals surface area contributed by atoms with E-state index in [2.05, 4.69) is 16.0 Å². The van der Waals surface area contributed by atoms with Crippen LogP contribution in [0.4, 0.5) is 5.69 Å². The zero-order chi connectivity index (χ0) is 9.97. The number of anilines is 1. The summed E-state index contributed by atoms with van der Waals surface area (Å²) in [5, 5.41) is 0.884. The fourth-order valence-corrected chi connectivity index (χ4v) is 2.16. The van der Waals surface area contributed by atoms with E-state index in [9.17, 15) is 0 Å². The number of rotatable bonds is 2. The van der Waals surface area contributed by atoms with E-state index in [1.165, 1.54) is 5.56 Å². The monoisotopic (exact) mass is 205 g/mol. The molecule has 0 aliphatic heterocycles. The zero-order valence-corrected chi connectivity index (χ0v) is 8.64. The second-order valence-electron chi connectivity index (χ2n) is 3.08. The number of nitrogens with one attached hydrogen (secondary N) is 1. The Morgan fingerprint density at radius 1 is 1.36 bits per heavy atom. The van der Waals surface area contributed by atoms with Gasteiger partial charge >= 0.3 is 0 Å². The summed E-state index contributed by atoms with van der Waals surface area (Å²) < 4.78 is 0. The number of nitrogen functional groups attached to an aromatic ring is 1.